The van der Waals surface area contributed by atoms with Crippen LogP contribution in [0, 0.1) is 11.6 Å². The van der Waals surface area contributed by atoms with Crippen LogP contribution in [0.4, 0.5) is 8.78 Å². The highest BCUT2D eigenvalue weighted by Gasteiger charge is 2.10. The number of thioether (sulfide) groups is 1. The molecule has 1 rings (SSSR count). The van der Waals surface area contributed by atoms with Crippen LogP contribution in [0.3, 0.4) is 0 Å². The zero-order valence-electron chi connectivity index (χ0n) is 8.45. The predicted molar refractivity (Wildman–Crippen MR) is 58.9 cm³/mol. The van der Waals surface area contributed by atoms with E-state index in [1.54, 1.807) is 0 Å². The van der Waals surface area contributed by atoms with Gasteiger partial charge < -0.3 is 11.5 Å². The number of amides is 1. The maximum atomic E-state index is 13.1. The molecule has 88 valence electrons. The Balaban J connectivity index is 2.46. The zero-order chi connectivity index (χ0) is 12.1. The van der Waals surface area contributed by atoms with Crippen molar-refractivity contribution >= 4 is 17.7 Å². The van der Waals surface area contributed by atoms with E-state index < -0.39 is 23.6 Å². The van der Waals surface area contributed by atoms with E-state index in [2.05, 4.69) is 0 Å². The van der Waals surface area contributed by atoms with Gasteiger partial charge in [-0.15, -0.1) is 11.8 Å². The van der Waals surface area contributed by atoms with Crippen molar-refractivity contribution in [2.45, 2.75) is 17.4 Å². The minimum atomic E-state index is -0.726. The second-order valence-corrected chi connectivity index (χ2v) is 4.36. The Morgan fingerprint density at radius 2 is 2.12 bits per heavy atom. The zero-order valence-corrected chi connectivity index (χ0v) is 9.27. The predicted octanol–water partition coefficient (Wildman–Crippen LogP) is 1.26. The summed E-state index contributed by atoms with van der Waals surface area (Å²) in [6, 6.07) is 2.62. The molecule has 0 aliphatic carbocycles. The van der Waals surface area contributed by atoms with Crippen molar-refractivity contribution in [3.05, 3.63) is 29.8 Å². The summed E-state index contributed by atoms with van der Waals surface area (Å²) < 4.78 is 25.7. The van der Waals surface area contributed by atoms with Crippen LogP contribution in [-0.4, -0.2) is 17.7 Å². The number of hydrogen-bond acceptors (Lipinski definition) is 3. The molecule has 0 aromatic heterocycles. The van der Waals surface area contributed by atoms with Gasteiger partial charge in [-0.05, 0) is 18.6 Å². The highest BCUT2D eigenvalue weighted by molar-refractivity contribution is 7.99. The molecule has 1 atom stereocenters. The van der Waals surface area contributed by atoms with Gasteiger partial charge in [0.05, 0.1) is 6.04 Å². The number of nitrogens with two attached hydrogens (primary N) is 2. The van der Waals surface area contributed by atoms with Gasteiger partial charge in [-0.3, -0.25) is 4.79 Å². The summed E-state index contributed by atoms with van der Waals surface area (Å²) in [5, 5.41) is 0. The number of hydrogen-bond donors (Lipinski definition) is 2. The van der Waals surface area contributed by atoms with Crippen LogP contribution in [0.2, 0.25) is 0 Å². The van der Waals surface area contributed by atoms with Gasteiger partial charge in [-0.25, -0.2) is 8.78 Å². The number of rotatable bonds is 5. The smallest absolute Gasteiger partial charge is 0.234 e. The first kappa shape index (κ1) is 12.9. The van der Waals surface area contributed by atoms with Gasteiger partial charge in [0.2, 0.25) is 5.91 Å². The van der Waals surface area contributed by atoms with Gasteiger partial charge in [-0.1, -0.05) is 0 Å². The third-order valence-electron chi connectivity index (χ3n) is 1.95. The third kappa shape index (κ3) is 3.79. The van der Waals surface area contributed by atoms with E-state index in [4.69, 9.17) is 11.5 Å². The number of primary amides is 1. The number of carbonyl (C=O) groups excluding carboxylic acids is 1. The Bertz CT molecular complexity index is 387. The fraction of sp³-hybridized carbons (Fsp3) is 0.300. The highest BCUT2D eigenvalue weighted by Crippen LogP contribution is 2.23. The van der Waals surface area contributed by atoms with Crippen LogP contribution in [0.1, 0.15) is 6.42 Å². The number of benzene rings is 1. The summed E-state index contributed by atoms with van der Waals surface area (Å²) in [6.45, 7) is 0. The lowest BCUT2D eigenvalue weighted by molar-refractivity contribution is -0.119. The van der Waals surface area contributed by atoms with Crippen LogP contribution < -0.4 is 11.5 Å². The average molecular weight is 246 g/mol. The Kier molecular flexibility index (Phi) is 4.70. The molecule has 6 heteroatoms. The van der Waals surface area contributed by atoms with E-state index >= 15 is 0 Å². The fourth-order valence-electron chi connectivity index (χ4n) is 1.03. The minimum absolute atomic E-state index is 0.332. The highest BCUT2D eigenvalue weighted by atomic mass is 32.2. The molecule has 0 spiro atoms. The quantitative estimate of drug-likeness (QED) is 0.768. The normalized spacial score (nSPS) is 12.4. The van der Waals surface area contributed by atoms with E-state index in [-0.39, 0.29) is 0 Å². The molecule has 0 bridgehead atoms. The molecule has 1 unspecified atom stereocenters. The van der Waals surface area contributed by atoms with E-state index in [0.717, 1.165) is 6.07 Å². The topological polar surface area (TPSA) is 69.1 Å². The van der Waals surface area contributed by atoms with Gasteiger partial charge >= 0.3 is 0 Å². The number of halogens is 2. The monoisotopic (exact) mass is 246 g/mol. The van der Waals surface area contributed by atoms with E-state index in [9.17, 15) is 13.6 Å². The molecule has 0 heterocycles. The first-order chi connectivity index (χ1) is 7.50. The molecule has 1 aromatic rings. The molecule has 0 aliphatic rings. The summed E-state index contributed by atoms with van der Waals surface area (Å²) in [5.74, 6) is -1.36. The van der Waals surface area contributed by atoms with Crippen molar-refractivity contribution in [3.8, 4) is 0 Å². The second-order valence-electron chi connectivity index (χ2n) is 3.22. The van der Waals surface area contributed by atoms with Crippen molar-refractivity contribution in [3.63, 3.8) is 0 Å². The molecule has 1 aromatic carbocycles. The largest absolute Gasteiger partial charge is 0.368 e. The van der Waals surface area contributed by atoms with Gasteiger partial charge in [0.1, 0.15) is 11.6 Å². The summed E-state index contributed by atoms with van der Waals surface area (Å²) in [6.07, 6.45) is 0.358. The summed E-state index contributed by atoms with van der Waals surface area (Å²) in [7, 11) is 0. The Morgan fingerprint density at radius 1 is 1.44 bits per heavy atom. The maximum absolute atomic E-state index is 13.1. The SMILES string of the molecule is NC(=O)C(N)CCSc1ccc(F)cc1F. The standard InChI is InChI=1S/C10H12F2N2OS/c11-6-1-2-9(7(12)5-6)16-4-3-8(13)10(14)15/h1-2,5,8H,3-4,13H2,(H2,14,15). The van der Waals surface area contributed by atoms with Gasteiger partial charge in [0, 0.05) is 16.7 Å². The maximum Gasteiger partial charge on any atom is 0.234 e. The molecule has 3 nitrogen and oxygen atoms in total. The lowest BCUT2D eigenvalue weighted by Crippen LogP contribution is -2.36. The summed E-state index contributed by atoms with van der Waals surface area (Å²) >= 11 is 1.17. The van der Waals surface area contributed by atoms with Crippen molar-refractivity contribution in [1.82, 2.24) is 0 Å². The molecule has 0 saturated heterocycles. The Labute approximate surface area is 96.2 Å². The summed E-state index contributed by atoms with van der Waals surface area (Å²) in [4.78, 5) is 10.9. The van der Waals surface area contributed by atoms with E-state index in [1.165, 1.54) is 23.9 Å². The second kappa shape index (κ2) is 5.81. The molecule has 4 N–H and O–H groups in total. The molecule has 16 heavy (non-hydrogen) atoms. The molecule has 0 fully saturated rings. The Hall–Kier alpha value is -1.14. The third-order valence-corrected chi connectivity index (χ3v) is 3.03. The van der Waals surface area contributed by atoms with Crippen LogP contribution in [-0.2, 0) is 4.79 Å². The average Bonchev–Trinajstić information content (AvgIpc) is 2.20. The van der Waals surface area contributed by atoms with Crippen LogP contribution in [0.15, 0.2) is 23.1 Å². The Morgan fingerprint density at radius 3 is 2.69 bits per heavy atom. The lowest BCUT2D eigenvalue weighted by Gasteiger charge is -2.07. The van der Waals surface area contributed by atoms with E-state index in [0.29, 0.717) is 17.1 Å². The first-order valence-electron chi connectivity index (χ1n) is 4.63. The van der Waals surface area contributed by atoms with Crippen molar-refractivity contribution in [2.24, 2.45) is 11.5 Å². The molecular weight excluding hydrogens is 234 g/mol. The van der Waals surface area contributed by atoms with Crippen molar-refractivity contribution in [2.75, 3.05) is 5.75 Å². The minimum Gasteiger partial charge on any atom is -0.368 e. The van der Waals surface area contributed by atoms with Crippen LogP contribution in [0.5, 0.6) is 0 Å². The van der Waals surface area contributed by atoms with Crippen molar-refractivity contribution in [1.29, 1.82) is 0 Å². The fourth-order valence-corrected chi connectivity index (χ4v) is 1.98. The summed E-state index contributed by atoms with van der Waals surface area (Å²) in [5.41, 5.74) is 10.4. The first-order valence-corrected chi connectivity index (χ1v) is 5.62. The van der Waals surface area contributed by atoms with Crippen molar-refractivity contribution < 1.29 is 13.6 Å². The lowest BCUT2D eigenvalue weighted by atomic mass is 10.2. The molecule has 1 amide bonds. The molecule has 0 saturated carbocycles. The molecular formula is C10H12F2N2OS. The molecule has 0 radical (unpaired) electrons. The van der Waals surface area contributed by atoms with Gasteiger partial charge in [0.15, 0.2) is 0 Å². The van der Waals surface area contributed by atoms with Gasteiger partial charge in [-0.2, -0.15) is 0 Å². The van der Waals surface area contributed by atoms with Gasteiger partial charge in [0.25, 0.3) is 0 Å². The van der Waals surface area contributed by atoms with Crippen LogP contribution >= 0.6 is 11.8 Å². The number of carbonyl (C=O) groups is 1. The molecule has 0 aliphatic heterocycles. The van der Waals surface area contributed by atoms with Crippen LogP contribution in [0.25, 0.3) is 0 Å². The van der Waals surface area contributed by atoms with E-state index in [1.807, 2.05) is 0 Å².